The van der Waals surface area contributed by atoms with E-state index in [1.54, 1.807) is 26.4 Å². The number of fused-ring (bicyclic) bond motifs is 1. The van der Waals surface area contributed by atoms with Gasteiger partial charge in [0.2, 0.25) is 0 Å². The third-order valence-corrected chi connectivity index (χ3v) is 4.87. The van der Waals surface area contributed by atoms with Crippen LogP contribution in [0.3, 0.4) is 0 Å². The molecule has 0 fully saturated rings. The highest BCUT2D eigenvalue weighted by molar-refractivity contribution is 5.78. The van der Waals surface area contributed by atoms with Gasteiger partial charge in [-0.1, -0.05) is 18.2 Å². The Balaban J connectivity index is 1.80. The smallest absolute Gasteiger partial charge is 0.161 e. The molecule has 0 spiro atoms. The molecule has 0 radical (unpaired) electrons. The normalized spacial score (nSPS) is 10.9. The number of aryl methyl sites for hydroxylation is 1. The molecule has 0 saturated carbocycles. The summed E-state index contributed by atoms with van der Waals surface area (Å²) in [5.41, 5.74) is 4.60. The van der Waals surface area contributed by atoms with Gasteiger partial charge in [0.1, 0.15) is 23.0 Å². The van der Waals surface area contributed by atoms with E-state index in [0.29, 0.717) is 18.0 Å². The number of methoxy groups -OCH3 is 2. The summed E-state index contributed by atoms with van der Waals surface area (Å²) in [6, 6.07) is 18.2. The van der Waals surface area contributed by atoms with Gasteiger partial charge in [-0.25, -0.2) is 9.37 Å². The van der Waals surface area contributed by atoms with Crippen molar-refractivity contribution < 1.29 is 13.9 Å². The molecule has 0 aliphatic heterocycles. The van der Waals surface area contributed by atoms with Crippen molar-refractivity contribution in [3.8, 4) is 22.8 Å². The summed E-state index contributed by atoms with van der Waals surface area (Å²) < 4.78 is 26.1. The van der Waals surface area contributed by atoms with E-state index in [9.17, 15) is 4.39 Å². The molecule has 2 heterocycles. The van der Waals surface area contributed by atoms with E-state index >= 15 is 0 Å². The molecule has 6 heteroatoms. The van der Waals surface area contributed by atoms with Crippen molar-refractivity contribution in [2.75, 3.05) is 19.5 Å². The molecule has 4 aromatic rings. The number of hydrogen-bond acceptors (Lipinski definition) is 4. The number of halogens is 1. The van der Waals surface area contributed by atoms with Crippen molar-refractivity contribution in [2.45, 2.75) is 13.5 Å². The molecule has 0 atom stereocenters. The predicted molar refractivity (Wildman–Crippen MR) is 112 cm³/mol. The Morgan fingerprint density at radius 2 is 1.72 bits per heavy atom. The van der Waals surface area contributed by atoms with Gasteiger partial charge in [-0.15, -0.1) is 0 Å². The van der Waals surface area contributed by atoms with Crippen LogP contribution in [-0.4, -0.2) is 23.6 Å². The number of imidazole rings is 1. The van der Waals surface area contributed by atoms with E-state index in [0.717, 1.165) is 34.0 Å². The van der Waals surface area contributed by atoms with Crippen LogP contribution in [0.4, 0.5) is 10.2 Å². The maximum Gasteiger partial charge on any atom is 0.161 e. The van der Waals surface area contributed by atoms with E-state index in [-0.39, 0.29) is 5.82 Å². The summed E-state index contributed by atoms with van der Waals surface area (Å²) in [5.74, 6) is 1.93. The Labute approximate surface area is 168 Å². The van der Waals surface area contributed by atoms with Gasteiger partial charge in [0.15, 0.2) is 11.5 Å². The van der Waals surface area contributed by atoms with Crippen LogP contribution in [0, 0.1) is 12.7 Å². The molecule has 0 aliphatic rings. The second-order valence-corrected chi connectivity index (χ2v) is 6.72. The molecule has 1 N–H and O–H groups in total. The molecule has 2 aromatic carbocycles. The van der Waals surface area contributed by atoms with E-state index in [4.69, 9.17) is 14.5 Å². The number of benzene rings is 2. The van der Waals surface area contributed by atoms with Gasteiger partial charge in [-0.2, -0.15) is 0 Å². The maximum atomic E-state index is 13.2. The lowest BCUT2D eigenvalue weighted by Gasteiger charge is -2.12. The van der Waals surface area contributed by atoms with Crippen LogP contribution < -0.4 is 14.8 Å². The van der Waals surface area contributed by atoms with Crippen molar-refractivity contribution in [2.24, 2.45) is 0 Å². The van der Waals surface area contributed by atoms with Gasteiger partial charge in [0.05, 0.1) is 14.2 Å². The minimum absolute atomic E-state index is 0.245. The summed E-state index contributed by atoms with van der Waals surface area (Å²) in [6.07, 6.45) is 0. The summed E-state index contributed by atoms with van der Waals surface area (Å²) >= 11 is 0. The Bertz CT molecular complexity index is 1150. The first-order chi connectivity index (χ1) is 14.1. The van der Waals surface area contributed by atoms with E-state index in [1.807, 2.05) is 43.3 Å². The first-order valence-corrected chi connectivity index (χ1v) is 9.29. The van der Waals surface area contributed by atoms with E-state index in [1.165, 1.54) is 12.1 Å². The fourth-order valence-corrected chi connectivity index (χ4v) is 3.39. The van der Waals surface area contributed by atoms with Crippen molar-refractivity contribution >= 4 is 11.5 Å². The predicted octanol–water partition coefficient (Wildman–Crippen LogP) is 5.08. The third-order valence-electron chi connectivity index (χ3n) is 4.87. The van der Waals surface area contributed by atoms with Gasteiger partial charge in [0.25, 0.3) is 0 Å². The van der Waals surface area contributed by atoms with Gasteiger partial charge in [-0.05, 0) is 55.0 Å². The molecule has 0 bridgehead atoms. The van der Waals surface area contributed by atoms with Gasteiger partial charge >= 0.3 is 0 Å². The summed E-state index contributed by atoms with van der Waals surface area (Å²) in [6.45, 7) is 2.58. The first kappa shape index (κ1) is 18.8. The summed E-state index contributed by atoms with van der Waals surface area (Å²) in [7, 11) is 3.23. The minimum atomic E-state index is -0.245. The molecular weight excluding hydrogens is 369 g/mol. The molecule has 0 unspecified atom stereocenters. The molecule has 4 rings (SSSR count). The van der Waals surface area contributed by atoms with Crippen LogP contribution in [0.2, 0.25) is 0 Å². The zero-order chi connectivity index (χ0) is 20.4. The zero-order valence-corrected chi connectivity index (χ0v) is 16.6. The number of pyridine rings is 1. The van der Waals surface area contributed by atoms with Crippen LogP contribution in [0.1, 0.15) is 11.3 Å². The van der Waals surface area contributed by atoms with Crippen molar-refractivity contribution in [1.29, 1.82) is 0 Å². The second-order valence-electron chi connectivity index (χ2n) is 6.72. The molecule has 29 heavy (non-hydrogen) atoms. The molecule has 5 nitrogen and oxygen atoms in total. The topological polar surface area (TPSA) is 47.8 Å². The van der Waals surface area contributed by atoms with Crippen LogP contribution in [-0.2, 0) is 6.54 Å². The first-order valence-electron chi connectivity index (χ1n) is 9.29. The number of nitrogens with one attached hydrogen (secondary N) is 1. The average Bonchev–Trinajstić information content (AvgIpc) is 3.12. The number of anilines is 1. The Morgan fingerprint density at radius 1 is 0.966 bits per heavy atom. The van der Waals surface area contributed by atoms with Crippen molar-refractivity contribution in [1.82, 2.24) is 9.38 Å². The Morgan fingerprint density at radius 3 is 2.45 bits per heavy atom. The number of hydrogen-bond donors (Lipinski definition) is 1. The van der Waals surface area contributed by atoms with E-state index < -0.39 is 0 Å². The molecular formula is C23H22FN3O2. The third kappa shape index (κ3) is 3.61. The highest BCUT2D eigenvalue weighted by atomic mass is 19.1. The van der Waals surface area contributed by atoms with Crippen LogP contribution in [0.25, 0.3) is 16.9 Å². The molecule has 0 saturated heterocycles. The van der Waals surface area contributed by atoms with Crippen LogP contribution in [0.5, 0.6) is 11.5 Å². The highest BCUT2D eigenvalue weighted by Gasteiger charge is 2.17. The number of aromatic nitrogens is 2. The minimum Gasteiger partial charge on any atom is -0.493 e. The Hall–Kier alpha value is -3.54. The number of nitrogens with zero attached hydrogens (tertiary/aromatic N) is 2. The second kappa shape index (κ2) is 7.83. The molecule has 0 amide bonds. The summed E-state index contributed by atoms with van der Waals surface area (Å²) in [5, 5.41) is 3.48. The van der Waals surface area contributed by atoms with Crippen LogP contribution >= 0.6 is 0 Å². The lowest BCUT2D eigenvalue weighted by Crippen LogP contribution is -2.05. The van der Waals surface area contributed by atoms with Crippen molar-refractivity contribution in [3.63, 3.8) is 0 Å². The maximum absolute atomic E-state index is 13.2. The zero-order valence-electron chi connectivity index (χ0n) is 16.6. The largest absolute Gasteiger partial charge is 0.493 e. The highest BCUT2D eigenvalue weighted by Crippen LogP contribution is 2.36. The van der Waals surface area contributed by atoms with Crippen LogP contribution in [0.15, 0.2) is 60.7 Å². The quantitative estimate of drug-likeness (QED) is 0.498. The fraction of sp³-hybridized carbons (Fsp3) is 0.174. The Kier molecular flexibility index (Phi) is 5.08. The fourth-order valence-electron chi connectivity index (χ4n) is 3.39. The lowest BCUT2D eigenvalue weighted by molar-refractivity contribution is 0.355. The molecule has 148 valence electrons. The SMILES string of the molecule is COc1ccc(-c2nc3cccc(C)n3c2NCc2ccc(F)cc2)cc1OC. The average molecular weight is 391 g/mol. The summed E-state index contributed by atoms with van der Waals surface area (Å²) in [4.78, 5) is 4.85. The number of ether oxygens (including phenoxy) is 2. The monoisotopic (exact) mass is 391 g/mol. The number of rotatable bonds is 6. The van der Waals surface area contributed by atoms with E-state index in [2.05, 4.69) is 9.72 Å². The van der Waals surface area contributed by atoms with Gasteiger partial charge < -0.3 is 14.8 Å². The lowest BCUT2D eigenvalue weighted by atomic mass is 10.1. The van der Waals surface area contributed by atoms with Gasteiger partial charge in [-0.3, -0.25) is 4.40 Å². The molecule has 0 aliphatic carbocycles. The van der Waals surface area contributed by atoms with Gasteiger partial charge in [0, 0.05) is 17.8 Å². The standard InChI is InChI=1S/C23H22FN3O2/c1-15-5-4-6-21-26-22(17-9-12-19(28-2)20(13-17)29-3)23(27(15)21)25-14-16-7-10-18(24)11-8-16/h4-13,25H,14H2,1-3H3. The molecule has 2 aromatic heterocycles. The van der Waals surface area contributed by atoms with Crippen molar-refractivity contribution in [3.05, 3.63) is 77.7 Å².